The molecule has 0 saturated heterocycles. The van der Waals surface area contributed by atoms with Gasteiger partial charge in [-0.1, -0.05) is 56.9 Å². The molecule has 5 nitrogen and oxygen atoms in total. The molecule has 0 aliphatic carbocycles. The van der Waals surface area contributed by atoms with Crippen molar-refractivity contribution >= 4 is 23.1 Å². The predicted molar refractivity (Wildman–Crippen MR) is 123 cm³/mol. The summed E-state index contributed by atoms with van der Waals surface area (Å²) >= 11 is 0. The zero-order valence-electron chi connectivity index (χ0n) is 18.3. The van der Waals surface area contributed by atoms with E-state index >= 15 is 0 Å². The number of benzene rings is 2. The van der Waals surface area contributed by atoms with Crippen molar-refractivity contribution in [3.8, 4) is 0 Å². The molecule has 1 aliphatic rings. The van der Waals surface area contributed by atoms with Crippen molar-refractivity contribution in [1.82, 2.24) is 5.32 Å². The summed E-state index contributed by atoms with van der Waals surface area (Å²) < 4.78 is 0. The number of amides is 1. The number of anilines is 2. The molecule has 1 aliphatic heterocycles. The summed E-state index contributed by atoms with van der Waals surface area (Å²) in [6.07, 6.45) is 5.91. The lowest BCUT2D eigenvalue weighted by atomic mass is 9.87. The molecule has 0 fully saturated rings. The van der Waals surface area contributed by atoms with E-state index in [-0.39, 0.29) is 17.7 Å². The Balaban J connectivity index is 1.78. The first kappa shape index (κ1) is 21.9. The molecule has 2 aromatic carbocycles. The van der Waals surface area contributed by atoms with Gasteiger partial charge in [-0.15, -0.1) is 0 Å². The minimum absolute atomic E-state index is 0.0367. The van der Waals surface area contributed by atoms with Crippen LogP contribution in [0.5, 0.6) is 0 Å². The Labute approximate surface area is 179 Å². The smallest absolute Gasteiger partial charge is 0.220 e. The number of hydrogen-bond acceptors (Lipinski definition) is 4. The molecule has 2 N–H and O–H groups in total. The van der Waals surface area contributed by atoms with Gasteiger partial charge in [0.25, 0.3) is 0 Å². The summed E-state index contributed by atoms with van der Waals surface area (Å²) in [4.78, 5) is 27.9. The molecule has 2 unspecified atom stereocenters. The third kappa shape index (κ3) is 5.21. The lowest BCUT2D eigenvalue weighted by Crippen LogP contribution is -2.49. The Morgan fingerprint density at radius 1 is 1.00 bits per heavy atom. The summed E-state index contributed by atoms with van der Waals surface area (Å²) in [5.74, 6) is -0.0914. The van der Waals surface area contributed by atoms with Crippen LogP contribution in [0, 0.1) is 0 Å². The molecular weight excluding hydrogens is 374 g/mol. The van der Waals surface area contributed by atoms with E-state index in [0.717, 1.165) is 36.2 Å². The molecule has 0 aromatic heterocycles. The molecule has 0 bridgehead atoms. The van der Waals surface area contributed by atoms with Crippen molar-refractivity contribution in [1.29, 1.82) is 0 Å². The van der Waals surface area contributed by atoms with E-state index in [1.54, 1.807) is 0 Å². The fraction of sp³-hybridized carbons (Fsp3) is 0.440. The van der Waals surface area contributed by atoms with Crippen molar-refractivity contribution in [3.63, 3.8) is 0 Å². The van der Waals surface area contributed by atoms with Crippen LogP contribution in [-0.4, -0.2) is 31.8 Å². The van der Waals surface area contributed by atoms with Crippen molar-refractivity contribution in [3.05, 3.63) is 59.7 Å². The number of fused-ring (bicyclic) bond motifs is 1. The summed E-state index contributed by atoms with van der Waals surface area (Å²) in [5.41, 5.74) is 3.52. The van der Waals surface area contributed by atoms with Crippen LogP contribution in [0.3, 0.4) is 0 Å². The van der Waals surface area contributed by atoms with E-state index < -0.39 is 6.04 Å². The van der Waals surface area contributed by atoms with E-state index in [1.807, 2.05) is 67.5 Å². The van der Waals surface area contributed by atoms with Gasteiger partial charge >= 0.3 is 0 Å². The number of nitrogens with one attached hydrogen (secondary N) is 2. The summed E-state index contributed by atoms with van der Waals surface area (Å²) in [5, 5.41) is 6.51. The van der Waals surface area contributed by atoms with Gasteiger partial charge in [0.05, 0.1) is 6.04 Å². The van der Waals surface area contributed by atoms with Crippen LogP contribution < -0.4 is 15.5 Å². The number of carbonyl (C=O) groups is 2. The molecule has 2 atom stereocenters. The van der Waals surface area contributed by atoms with Crippen LogP contribution >= 0.6 is 0 Å². The van der Waals surface area contributed by atoms with Crippen LogP contribution in [0.15, 0.2) is 48.5 Å². The SMILES string of the molecule is CCCCCCCC(=O)NC1C(=O)c2ccccc2NC1c1ccc(N(C)C)cc1. The maximum absolute atomic E-state index is 13.3. The van der Waals surface area contributed by atoms with E-state index in [9.17, 15) is 9.59 Å². The molecule has 0 spiro atoms. The average Bonchev–Trinajstić information content (AvgIpc) is 2.75. The van der Waals surface area contributed by atoms with Gasteiger partial charge in [-0.05, 0) is 36.2 Å². The van der Waals surface area contributed by atoms with Crippen molar-refractivity contribution in [2.45, 2.75) is 57.5 Å². The Bertz CT molecular complexity index is 861. The van der Waals surface area contributed by atoms with Crippen LogP contribution in [0.1, 0.15) is 67.4 Å². The molecule has 0 radical (unpaired) electrons. The van der Waals surface area contributed by atoms with Gasteiger partial charge in [-0.3, -0.25) is 9.59 Å². The normalized spacial score (nSPS) is 17.8. The highest BCUT2D eigenvalue weighted by Crippen LogP contribution is 2.33. The van der Waals surface area contributed by atoms with Gasteiger partial charge in [0, 0.05) is 37.5 Å². The standard InChI is InChI=1S/C25H33N3O2/c1-4-5-6-7-8-13-22(29)27-24-23(18-14-16-19(17-15-18)28(2)3)26-21-12-10-9-11-20(21)25(24)30/h9-12,14-17,23-24,26H,4-8,13H2,1-3H3,(H,27,29). The molecular formula is C25H33N3O2. The number of para-hydroxylation sites is 1. The minimum atomic E-state index is -0.617. The summed E-state index contributed by atoms with van der Waals surface area (Å²) in [6.45, 7) is 2.18. The fourth-order valence-electron chi connectivity index (χ4n) is 3.93. The monoisotopic (exact) mass is 407 g/mol. The van der Waals surface area contributed by atoms with Gasteiger partial charge in [-0.25, -0.2) is 0 Å². The first-order valence-corrected chi connectivity index (χ1v) is 11.0. The lowest BCUT2D eigenvalue weighted by Gasteiger charge is -2.34. The number of nitrogens with zero attached hydrogens (tertiary/aromatic N) is 1. The van der Waals surface area contributed by atoms with Crippen LogP contribution in [0.25, 0.3) is 0 Å². The molecule has 3 rings (SSSR count). The highest BCUT2D eigenvalue weighted by atomic mass is 16.2. The highest BCUT2D eigenvalue weighted by molar-refractivity contribution is 6.08. The Morgan fingerprint density at radius 3 is 2.40 bits per heavy atom. The number of rotatable bonds is 9. The van der Waals surface area contributed by atoms with E-state index in [4.69, 9.17) is 0 Å². The quantitative estimate of drug-likeness (QED) is 0.578. The lowest BCUT2D eigenvalue weighted by molar-refractivity contribution is -0.121. The second-order valence-electron chi connectivity index (χ2n) is 8.23. The van der Waals surface area contributed by atoms with E-state index in [2.05, 4.69) is 17.6 Å². The third-order valence-electron chi connectivity index (χ3n) is 5.71. The Kier molecular flexibility index (Phi) is 7.50. The number of carbonyl (C=O) groups excluding carboxylic acids is 2. The van der Waals surface area contributed by atoms with Crippen molar-refractivity contribution < 1.29 is 9.59 Å². The third-order valence-corrected chi connectivity index (χ3v) is 5.71. The topological polar surface area (TPSA) is 61.4 Å². The van der Waals surface area contributed by atoms with Crippen LogP contribution in [0.4, 0.5) is 11.4 Å². The summed E-state index contributed by atoms with van der Waals surface area (Å²) in [7, 11) is 3.99. The predicted octanol–water partition coefficient (Wildman–Crippen LogP) is 4.95. The molecule has 1 amide bonds. The molecule has 1 heterocycles. The van der Waals surface area contributed by atoms with E-state index in [0.29, 0.717) is 12.0 Å². The van der Waals surface area contributed by atoms with Crippen molar-refractivity contribution in [2.24, 2.45) is 0 Å². The van der Waals surface area contributed by atoms with Crippen LogP contribution in [-0.2, 0) is 4.79 Å². The van der Waals surface area contributed by atoms with Crippen LogP contribution in [0.2, 0.25) is 0 Å². The molecule has 160 valence electrons. The number of hydrogen-bond donors (Lipinski definition) is 2. The zero-order valence-corrected chi connectivity index (χ0v) is 18.3. The van der Waals surface area contributed by atoms with Gasteiger partial charge in [0.2, 0.25) is 5.91 Å². The number of ketones is 1. The average molecular weight is 408 g/mol. The molecule has 2 aromatic rings. The maximum Gasteiger partial charge on any atom is 0.220 e. The van der Waals surface area contributed by atoms with Gasteiger partial charge in [0.15, 0.2) is 5.78 Å². The molecule has 0 saturated carbocycles. The molecule has 30 heavy (non-hydrogen) atoms. The zero-order chi connectivity index (χ0) is 21.5. The second kappa shape index (κ2) is 10.3. The maximum atomic E-state index is 13.3. The molecule has 5 heteroatoms. The Morgan fingerprint density at radius 2 is 1.70 bits per heavy atom. The number of Topliss-reactive ketones (excluding diaryl/α,β-unsaturated/α-hetero) is 1. The fourth-order valence-corrected chi connectivity index (χ4v) is 3.93. The first-order valence-electron chi connectivity index (χ1n) is 11.0. The van der Waals surface area contributed by atoms with Gasteiger partial charge < -0.3 is 15.5 Å². The Hall–Kier alpha value is -2.82. The second-order valence-corrected chi connectivity index (χ2v) is 8.23. The first-order chi connectivity index (χ1) is 14.5. The minimum Gasteiger partial charge on any atom is -0.378 e. The van der Waals surface area contributed by atoms with Gasteiger partial charge in [0.1, 0.15) is 6.04 Å². The number of unbranched alkanes of at least 4 members (excludes halogenated alkanes) is 4. The van der Waals surface area contributed by atoms with Crippen molar-refractivity contribution in [2.75, 3.05) is 24.3 Å². The summed E-state index contributed by atoms with van der Waals surface area (Å²) in [6, 6.07) is 14.7. The highest BCUT2D eigenvalue weighted by Gasteiger charge is 2.37. The van der Waals surface area contributed by atoms with Gasteiger partial charge in [-0.2, -0.15) is 0 Å². The van der Waals surface area contributed by atoms with E-state index in [1.165, 1.54) is 12.8 Å². The largest absolute Gasteiger partial charge is 0.378 e.